The highest BCUT2D eigenvalue weighted by Gasteiger charge is 2.56. The molecule has 2 saturated carbocycles. The molecule has 2 fully saturated rings. The summed E-state index contributed by atoms with van der Waals surface area (Å²) in [4.78, 5) is 24.4. The fraction of sp³-hybridized carbons (Fsp3) is 0.778. The predicted molar refractivity (Wildman–Crippen MR) is 79.3 cm³/mol. The van der Waals surface area contributed by atoms with E-state index in [4.69, 9.17) is 0 Å². The number of aldehydes is 1. The Hall–Kier alpha value is -0.920. The third-order valence-electron chi connectivity index (χ3n) is 6.39. The summed E-state index contributed by atoms with van der Waals surface area (Å²) in [6.07, 6.45) is 7.91. The fourth-order valence-corrected chi connectivity index (χ4v) is 5.08. The molecule has 0 spiro atoms. The van der Waals surface area contributed by atoms with Crippen molar-refractivity contribution in [3.63, 3.8) is 0 Å². The topological polar surface area (TPSA) is 34.1 Å². The van der Waals surface area contributed by atoms with Gasteiger partial charge in [-0.2, -0.15) is 0 Å². The van der Waals surface area contributed by atoms with Crippen LogP contribution in [-0.2, 0) is 9.59 Å². The molecule has 3 aliphatic carbocycles. The number of allylic oxidation sites excluding steroid dienone is 2. The minimum absolute atomic E-state index is 0.190. The van der Waals surface area contributed by atoms with Gasteiger partial charge in [0.2, 0.25) is 0 Å². The molecule has 0 saturated heterocycles. The average molecular weight is 274 g/mol. The summed E-state index contributed by atoms with van der Waals surface area (Å²) in [6.45, 7) is 6.64. The van der Waals surface area contributed by atoms with Crippen LogP contribution in [0, 0.1) is 22.7 Å². The summed E-state index contributed by atoms with van der Waals surface area (Å²) in [5.41, 5.74) is 2.47. The van der Waals surface area contributed by atoms with Gasteiger partial charge in [-0.1, -0.05) is 31.9 Å². The average Bonchev–Trinajstić information content (AvgIpc) is 2.81. The van der Waals surface area contributed by atoms with Crippen molar-refractivity contribution in [3.8, 4) is 0 Å². The zero-order valence-electron chi connectivity index (χ0n) is 13.0. The van der Waals surface area contributed by atoms with Gasteiger partial charge in [-0.25, -0.2) is 0 Å². The van der Waals surface area contributed by atoms with Crippen LogP contribution in [0.1, 0.15) is 65.7 Å². The van der Waals surface area contributed by atoms with Gasteiger partial charge in [0.05, 0.1) is 0 Å². The molecule has 0 N–H and O–H groups in total. The molecular weight excluding hydrogens is 248 g/mol. The maximum absolute atomic E-state index is 12.5. The number of hydrogen-bond acceptors (Lipinski definition) is 2. The molecule has 3 atom stereocenters. The van der Waals surface area contributed by atoms with Crippen molar-refractivity contribution in [1.29, 1.82) is 0 Å². The SMILES string of the molecule is CC(C)C1=C2[C@H]3CCCC(=O)[C@]3(C)CC[C@@]2(C=O)CC1. The zero-order valence-corrected chi connectivity index (χ0v) is 13.0. The Balaban J connectivity index is 2.13. The second-order valence-corrected chi connectivity index (χ2v) is 7.65. The van der Waals surface area contributed by atoms with Gasteiger partial charge in [0, 0.05) is 17.3 Å². The molecule has 0 amide bonds. The molecule has 0 aromatic carbocycles. The van der Waals surface area contributed by atoms with Gasteiger partial charge in [-0.05, 0) is 50.4 Å². The van der Waals surface area contributed by atoms with Crippen molar-refractivity contribution in [3.05, 3.63) is 11.1 Å². The molecule has 0 heterocycles. The van der Waals surface area contributed by atoms with Crippen molar-refractivity contribution >= 4 is 12.1 Å². The minimum Gasteiger partial charge on any atom is -0.302 e. The Labute approximate surface area is 122 Å². The Morgan fingerprint density at radius 3 is 2.60 bits per heavy atom. The number of hydrogen-bond donors (Lipinski definition) is 0. The summed E-state index contributed by atoms with van der Waals surface area (Å²) in [7, 11) is 0. The van der Waals surface area contributed by atoms with Crippen molar-refractivity contribution in [1.82, 2.24) is 0 Å². The summed E-state index contributed by atoms with van der Waals surface area (Å²) >= 11 is 0. The van der Waals surface area contributed by atoms with Crippen LogP contribution >= 0.6 is 0 Å². The van der Waals surface area contributed by atoms with Crippen LogP contribution in [0.25, 0.3) is 0 Å². The normalized spacial score (nSPS) is 40.8. The van der Waals surface area contributed by atoms with E-state index in [1.54, 1.807) is 0 Å². The maximum atomic E-state index is 12.5. The maximum Gasteiger partial charge on any atom is 0.139 e. The largest absolute Gasteiger partial charge is 0.302 e. The van der Waals surface area contributed by atoms with Crippen molar-refractivity contribution < 1.29 is 9.59 Å². The Morgan fingerprint density at radius 1 is 1.20 bits per heavy atom. The molecule has 20 heavy (non-hydrogen) atoms. The number of carbonyl (C=O) groups excluding carboxylic acids is 2. The van der Waals surface area contributed by atoms with E-state index in [2.05, 4.69) is 20.8 Å². The van der Waals surface area contributed by atoms with Crippen LogP contribution in [0.5, 0.6) is 0 Å². The van der Waals surface area contributed by atoms with Gasteiger partial charge < -0.3 is 4.79 Å². The van der Waals surface area contributed by atoms with Gasteiger partial charge in [0.1, 0.15) is 12.1 Å². The van der Waals surface area contributed by atoms with E-state index >= 15 is 0 Å². The predicted octanol–water partition coefficient (Wildman–Crippen LogP) is 4.09. The summed E-state index contributed by atoms with van der Waals surface area (Å²) in [5, 5.41) is 0. The van der Waals surface area contributed by atoms with Crippen LogP contribution in [0.4, 0.5) is 0 Å². The molecule has 3 aliphatic rings. The lowest BCUT2D eigenvalue weighted by Gasteiger charge is -2.50. The molecule has 0 unspecified atom stereocenters. The molecule has 2 heteroatoms. The lowest BCUT2D eigenvalue weighted by atomic mass is 9.52. The number of rotatable bonds is 2. The molecule has 0 radical (unpaired) electrons. The third kappa shape index (κ3) is 1.69. The van der Waals surface area contributed by atoms with Crippen molar-refractivity contribution in [2.75, 3.05) is 0 Å². The van der Waals surface area contributed by atoms with Gasteiger partial charge in [-0.15, -0.1) is 0 Å². The first kappa shape index (κ1) is 14.0. The summed E-state index contributed by atoms with van der Waals surface area (Å²) in [5.74, 6) is 1.28. The van der Waals surface area contributed by atoms with Crippen molar-refractivity contribution in [2.24, 2.45) is 22.7 Å². The van der Waals surface area contributed by atoms with Crippen LogP contribution in [0.15, 0.2) is 11.1 Å². The summed E-state index contributed by atoms with van der Waals surface area (Å²) < 4.78 is 0. The van der Waals surface area contributed by atoms with E-state index in [1.807, 2.05) is 0 Å². The molecule has 0 bridgehead atoms. The molecule has 0 aromatic heterocycles. The van der Waals surface area contributed by atoms with Crippen LogP contribution in [0.2, 0.25) is 0 Å². The van der Waals surface area contributed by atoms with Crippen LogP contribution in [-0.4, -0.2) is 12.1 Å². The van der Waals surface area contributed by atoms with E-state index in [0.717, 1.165) is 44.9 Å². The molecule has 110 valence electrons. The monoisotopic (exact) mass is 274 g/mol. The zero-order chi connectivity index (χ0) is 14.5. The number of Topliss-reactive ketones (excluding diaryl/α,β-unsaturated/α-hetero) is 1. The lowest BCUT2D eigenvalue weighted by molar-refractivity contribution is -0.137. The Bertz CT molecular complexity index is 488. The first-order valence-corrected chi connectivity index (χ1v) is 8.18. The number of fused-ring (bicyclic) bond motifs is 3. The van der Waals surface area contributed by atoms with Crippen molar-refractivity contribution in [2.45, 2.75) is 65.7 Å². The second-order valence-electron chi connectivity index (χ2n) is 7.65. The fourth-order valence-electron chi connectivity index (χ4n) is 5.08. The van der Waals surface area contributed by atoms with E-state index < -0.39 is 0 Å². The first-order valence-electron chi connectivity index (χ1n) is 8.18. The molecule has 0 aromatic rings. The standard InChI is InChI=1S/C18H26O2/c1-12(2)13-7-8-18(11-19)10-9-17(3)14(16(13)18)5-4-6-15(17)20/h11-12,14H,4-10H2,1-3H3/t14-,17-,18-/m1/s1. The Morgan fingerprint density at radius 2 is 1.95 bits per heavy atom. The second kappa shape index (κ2) is 4.54. The lowest BCUT2D eigenvalue weighted by Crippen LogP contribution is -2.48. The van der Waals surface area contributed by atoms with E-state index in [0.29, 0.717) is 17.6 Å². The molecular formula is C18H26O2. The first-order chi connectivity index (χ1) is 9.44. The smallest absolute Gasteiger partial charge is 0.139 e. The highest BCUT2D eigenvalue weighted by Crippen LogP contribution is 2.62. The third-order valence-corrected chi connectivity index (χ3v) is 6.39. The minimum atomic E-state index is -0.221. The molecule has 2 nitrogen and oxygen atoms in total. The summed E-state index contributed by atoms with van der Waals surface area (Å²) in [6, 6.07) is 0. The van der Waals surface area contributed by atoms with Crippen LogP contribution in [0.3, 0.4) is 0 Å². The van der Waals surface area contributed by atoms with E-state index in [9.17, 15) is 9.59 Å². The number of ketones is 1. The van der Waals surface area contributed by atoms with E-state index in [-0.39, 0.29) is 10.8 Å². The molecule has 0 aliphatic heterocycles. The van der Waals surface area contributed by atoms with Gasteiger partial charge in [0.25, 0.3) is 0 Å². The van der Waals surface area contributed by atoms with Crippen LogP contribution < -0.4 is 0 Å². The Kier molecular flexibility index (Phi) is 3.19. The van der Waals surface area contributed by atoms with E-state index in [1.165, 1.54) is 17.4 Å². The highest BCUT2D eigenvalue weighted by atomic mass is 16.1. The van der Waals surface area contributed by atoms with Gasteiger partial charge >= 0.3 is 0 Å². The quantitative estimate of drug-likeness (QED) is 0.561. The highest BCUT2D eigenvalue weighted by molar-refractivity contribution is 5.87. The number of carbonyl (C=O) groups is 2. The van der Waals surface area contributed by atoms with Gasteiger partial charge in [0.15, 0.2) is 0 Å². The van der Waals surface area contributed by atoms with Gasteiger partial charge in [-0.3, -0.25) is 4.79 Å². The molecule has 3 rings (SSSR count).